The summed E-state index contributed by atoms with van der Waals surface area (Å²) in [5, 5.41) is 30.6. The fourth-order valence-electron chi connectivity index (χ4n) is 4.11. The Morgan fingerprint density at radius 2 is 1.93 bits per heavy atom. The molecule has 2 aliphatic rings. The van der Waals surface area contributed by atoms with Gasteiger partial charge < -0.3 is 20.2 Å². The Hall–Kier alpha value is -2.67. The minimum Gasteiger partial charge on any atom is -0.481 e. The lowest BCUT2D eigenvalue weighted by Gasteiger charge is -2.44. The first-order valence-corrected chi connectivity index (χ1v) is 9.20. The first-order chi connectivity index (χ1) is 12.9. The quantitative estimate of drug-likeness (QED) is 0.741. The molecule has 0 unspecified atom stereocenters. The van der Waals surface area contributed by atoms with Gasteiger partial charge in [-0.2, -0.15) is 0 Å². The lowest BCUT2D eigenvalue weighted by atomic mass is 9.73. The Kier molecular flexibility index (Phi) is 4.26. The number of piperidine rings is 1. The van der Waals surface area contributed by atoms with Gasteiger partial charge in [-0.1, -0.05) is 31.0 Å². The van der Waals surface area contributed by atoms with Crippen molar-refractivity contribution in [2.45, 2.75) is 31.8 Å². The van der Waals surface area contributed by atoms with Crippen molar-refractivity contribution in [2.75, 3.05) is 18.0 Å². The van der Waals surface area contributed by atoms with Crippen LogP contribution in [0.1, 0.15) is 36.0 Å². The van der Waals surface area contributed by atoms with Crippen LogP contribution < -0.4 is 4.90 Å². The van der Waals surface area contributed by atoms with Crippen LogP contribution >= 0.6 is 0 Å². The highest BCUT2D eigenvalue weighted by Gasteiger charge is 2.52. The highest BCUT2D eigenvalue weighted by molar-refractivity contribution is 6.03. The van der Waals surface area contributed by atoms with Crippen LogP contribution in [-0.2, 0) is 4.79 Å². The number of aromatic carboxylic acids is 1. The second-order valence-electron chi connectivity index (χ2n) is 7.69. The number of aliphatic hydroxyl groups excluding tert-OH is 1. The number of hydrogen-bond acceptors (Lipinski definition) is 5. The van der Waals surface area contributed by atoms with Crippen molar-refractivity contribution in [1.29, 1.82) is 0 Å². The number of nitrogens with zero attached hydrogens (tertiary/aromatic N) is 2. The van der Waals surface area contributed by atoms with Gasteiger partial charge in [-0.25, -0.2) is 9.78 Å². The molecule has 0 bridgehead atoms. The summed E-state index contributed by atoms with van der Waals surface area (Å²) in [6.45, 7) is 0.565. The number of pyridine rings is 1. The fraction of sp³-hybridized carbons (Fsp3) is 0.450. The minimum absolute atomic E-state index is 0.129. The Morgan fingerprint density at radius 1 is 1.19 bits per heavy atom. The number of hydrogen-bond donors (Lipinski definition) is 3. The summed E-state index contributed by atoms with van der Waals surface area (Å²) in [5.74, 6) is -1.26. The number of fused-ring (bicyclic) bond motifs is 1. The van der Waals surface area contributed by atoms with E-state index >= 15 is 0 Å². The van der Waals surface area contributed by atoms with Crippen LogP contribution in [0.4, 0.5) is 5.82 Å². The molecular formula is C20H22N2O5. The third-order valence-corrected chi connectivity index (χ3v) is 5.82. The SMILES string of the molecule is O=C(O)c1cc(N2CC[C@H](O)[C@@](CC3CC3)(C(=O)O)C2)nc2ccccc12. The summed E-state index contributed by atoms with van der Waals surface area (Å²) < 4.78 is 0. The van der Waals surface area contributed by atoms with E-state index < -0.39 is 23.5 Å². The van der Waals surface area contributed by atoms with Crippen LogP contribution in [0, 0.1) is 11.3 Å². The van der Waals surface area contributed by atoms with Gasteiger partial charge >= 0.3 is 11.9 Å². The van der Waals surface area contributed by atoms with Crippen molar-refractivity contribution in [3.63, 3.8) is 0 Å². The lowest BCUT2D eigenvalue weighted by molar-refractivity contribution is -0.158. The highest BCUT2D eigenvalue weighted by Crippen LogP contribution is 2.45. The molecule has 142 valence electrons. The molecule has 0 spiro atoms. The molecular weight excluding hydrogens is 348 g/mol. The zero-order chi connectivity index (χ0) is 19.2. The molecule has 27 heavy (non-hydrogen) atoms. The second-order valence-corrected chi connectivity index (χ2v) is 7.69. The molecule has 2 fully saturated rings. The predicted octanol–water partition coefficient (Wildman–Crippen LogP) is 2.38. The average Bonchev–Trinajstić information content (AvgIpc) is 3.46. The molecule has 7 heteroatoms. The number of aromatic nitrogens is 1. The average molecular weight is 370 g/mol. The number of para-hydroxylation sites is 1. The maximum absolute atomic E-state index is 12.1. The van der Waals surface area contributed by atoms with Gasteiger partial charge in [-0.05, 0) is 30.9 Å². The van der Waals surface area contributed by atoms with Gasteiger partial charge in [0.25, 0.3) is 0 Å². The molecule has 1 saturated carbocycles. The van der Waals surface area contributed by atoms with E-state index in [0.29, 0.717) is 42.0 Å². The first kappa shape index (κ1) is 17.7. The summed E-state index contributed by atoms with van der Waals surface area (Å²) in [6, 6.07) is 8.52. The number of carbonyl (C=O) groups is 2. The molecule has 1 aliphatic carbocycles. The molecule has 2 heterocycles. The number of benzene rings is 1. The summed E-state index contributed by atoms with van der Waals surface area (Å²) in [4.78, 5) is 30.2. The fourth-order valence-corrected chi connectivity index (χ4v) is 4.11. The van der Waals surface area contributed by atoms with E-state index in [0.717, 1.165) is 12.8 Å². The number of carboxylic acids is 2. The van der Waals surface area contributed by atoms with Crippen LogP contribution in [0.5, 0.6) is 0 Å². The van der Waals surface area contributed by atoms with Crippen LogP contribution in [0.15, 0.2) is 30.3 Å². The molecule has 1 aromatic heterocycles. The summed E-state index contributed by atoms with van der Waals surface area (Å²) in [6.07, 6.45) is 1.85. The van der Waals surface area contributed by atoms with Gasteiger partial charge in [0, 0.05) is 18.5 Å². The van der Waals surface area contributed by atoms with Gasteiger partial charge in [0.2, 0.25) is 0 Å². The molecule has 7 nitrogen and oxygen atoms in total. The molecule has 1 saturated heterocycles. The smallest absolute Gasteiger partial charge is 0.336 e. The zero-order valence-electron chi connectivity index (χ0n) is 14.8. The molecule has 1 aromatic carbocycles. The monoisotopic (exact) mass is 370 g/mol. The Balaban J connectivity index is 1.74. The number of anilines is 1. The van der Waals surface area contributed by atoms with Crippen molar-refractivity contribution in [3.05, 3.63) is 35.9 Å². The standard InChI is InChI=1S/C20H22N2O5/c23-16-7-8-22(11-20(16,19(26)27)10-12-5-6-12)17-9-14(18(24)25)13-3-1-2-4-15(13)21-17/h1-4,9,12,16,23H,5-8,10-11H2,(H,24,25)(H,26,27)/t16-,20-/m0/s1. The molecule has 4 rings (SSSR count). The van der Waals surface area contributed by atoms with Gasteiger partial charge in [0.1, 0.15) is 11.2 Å². The van der Waals surface area contributed by atoms with E-state index in [1.54, 1.807) is 24.3 Å². The van der Waals surface area contributed by atoms with Crippen molar-refractivity contribution in [3.8, 4) is 0 Å². The normalized spacial score (nSPS) is 25.5. The van der Waals surface area contributed by atoms with Crippen LogP contribution in [0.3, 0.4) is 0 Å². The van der Waals surface area contributed by atoms with Crippen molar-refractivity contribution < 1.29 is 24.9 Å². The summed E-state index contributed by atoms with van der Waals surface area (Å²) in [7, 11) is 0. The predicted molar refractivity (Wildman–Crippen MR) is 98.9 cm³/mol. The van der Waals surface area contributed by atoms with Crippen LogP contribution in [0.25, 0.3) is 10.9 Å². The van der Waals surface area contributed by atoms with E-state index in [1.165, 1.54) is 6.07 Å². The molecule has 0 radical (unpaired) electrons. The molecule has 1 aliphatic heterocycles. The van der Waals surface area contributed by atoms with Gasteiger partial charge in [0.05, 0.1) is 17.2 Å². The van der Waals surface area contributed by atoms with Gasteiger partial charge in [-0.15, -0.1) is 0 Å². The largest absolute Gasteiger partial charge is 0.481 e. The lowest BCUT2D eigenvalue weighted by Crippen LogP contribution is -2.56. The topological polar surface area (TPSA) is 111 Å². The third kappa shape index (κ3) is 3.12. The van der Waals surface area contributed by atoms with Crippen molar-refractivity contribution >= 4 is 28.7 Å². The number of aliphatic hydroxyl groups is 1. The maximum Gasteiger partial charge on any atom is 0.336 e. The molecule has 2 atom stereocenters. The van der Waals surface area contributed by atoms with E-state index in [9.17, 15) is 24.9 Å². The minimum atomic E-state index is -1.24. The summed E-state index contributed by atoms with van der Waals surface area (Å²) >= 11 is 0. The number of aliphatic carboxylic acids is 1. The van der Waals surface area contributed by atoms with E-state index in [1.807, 2.05) is 4.90 Å². The maximum atomic E-state index is 12.1. The van der Waals surface area contributed by atoms with Crippen molar-refractivity contribution in [2.24, 2.45) is 11.3 Å². The third-order valence-electron chi connectivity index (χ3n) is 5.82. The highest BCUT2D eigenvalue weighted by atomic mass is 16.4. The van der Waals surface area contributed by atoms with Crippen LogP contribution in [-0.4, -0.2) is 51.4 Å². The molecule has 3 N–H and O–H groups in total. The van der Waals surface area contributed by atoms with Crippen molar-refractivity contribution in [1.82, 2.24) is 4.98 Å². The Labute approximate surface area is 156 Å². The number of rotatable bonds is 5. The van der Waals surface area contributed by atoms with Crippen LogP contribution in [0.2, 0.25) is 0 Å². The second kappa shape index (κ2) is 6.49. The van der Waals surface area contributed by atoms with E-state index in [2.05, 4.69) is 4.98 Å². The first-order valence-electron chi connectivity index (χ1n) is 9.20. The summed E-state index contributed by atoms with van der Waals surface area (Å²) in [5.41, 5.74) is -0.540. The Bertz CT molecular complexity index is 910. The Morgan fingerprint density at radius 3 is 2.59 bits per heavy atom. The van der Waals surface area contributed by atoms with E-state index in [4.69, 9.17) is 0 Å². The zero-order valence-corrected chi connectivity index (χ0v) is 14.8. The number of carboxylic acid groups (broad SMARTS) is 2. The molecule has 0 amide bonds. The molecule has 2 aromatic rings. The van der Waals surface area contributed by atoms with Gasteiger partial charge in [0.15, 0.2) is 0 Å². The van der Waals surface area contributed by atoms with Gasteiger partial charge in [-0.3, -0.25) is 4.79 Å². The van der Waals surface area contributed by atoms with E-state index in [-0.39, 0.29) is 12.1 Å².